The Balaban J connectivity index is 1.65. The highest BCUT2D eigenvalue weighted by Crippen LogP contribution is 2.20. The number of benzene rings is 1. The molecular formula is C18H18FN5OS. The summed E-state index contributed by atoms with van der Waals surface area (Å²) in [5, 5.41) is 7.60. The number of thioether (sulfide) groups is 1. The monoisotopic (exact) mass is 371 g/mol. The second kappa shape index (κ2) is 7.65. The molecule has 0 aliphatic heterocycles. The third-order valence-electron chi connectivity index (χ3n) is 3.60. The number of nitrogens with one attached hydrogen (secondary N) is 1. The molecule has 0 bridgehead atoms. The van der Waals surface area contributed by atoms with Gasteiger partial charge in [0.05, 0.1) is 17.1 Å². The first-order valence-electron chi connectivity index (χ1n) is 7.97. The molecule has 0 fully saturated rings. The second-order valence-corrected chi connectivity index (χ2v) is 6.87. The molecule has 1 aromatic carbocycles. The normalized spacial score (nSPS) is 10.8. The van der Waals surface area contributed by atoms with Crippen molar-refractivity contribution in [3.63, 3.8) is 0 Å². The van der Waals surface area contributed by atoms with Crippen molar-refractivity contribution in [2.24, 2.45) is 0 Å². The van der Waals surface area contributed by atoms with E-state index >= 15 is 0 Å². The van der Waals surface area contributed by atoms with Gasteiger partial charge in [-0.2, -0.15) is 5.10 Å². The van der Waals surface area contributed by atoms with Gasteiger partial charge in [0, 0.05) is 11.8 Å². The standard InChI is InChI=1S/C18H18FN5OS/c1-11-4-5-15(14(19)6-11)22-17(25)9-26-18-8-16(20-10-21-18)24-13(3)7-12(2)23-24/h4-8,10H,9H2,1-3H3,(H,22,25). The number of aryl methyl sites for hydroxylation is 3. The Bertz CT molecular complexity index is 957. The largest absolute Gasteiger partial charge is 0.323 e. The fourth-order valence-corrected chi connectivity index (χ4v) is 3.09. The number of nitrogens with zero attached hydrogens (tertiary/aromatic N) is 4. The summed E-state index contributed by atoms with van der Waals surface area (Å²) in [4.78, 5) is 20.5. The fourth-order valence-electron chi connectivity index (χ4n) is 2.43. The average Bonchev–Trinajstić information content (AvgIpc) is 2.94. The van der Waals surface area contributed by atoms with Crippen molar-refractivity contribution in [1.29, 1.82) is 0 Å². The van der Waals surface area contributed by atoms with Crippen LogP contribution in [0, 0.1) is 26.6 Å². The minimum absolute atomic E-state index is 0.112. The molecule has 134 valence electrons. The van der Waals surface area contributed by atoms with Crippen molar-refractivity contribution in [3.8, 4) is 5.82 Å². The van der Waals surface area contributed by atoms with Crippen molar-refractivity contribution < 1.29 is 9.18 Å². The summed E-state index contributed by atoms with van der Waals surface area (Å²) in [6.45, 7) is 5.65. The predicted octanol–water partition coefficient (Wildman–Crippen LogP) is 3.46. The topological polar surface area (TPSA) is 72.7 Å². The third kappa shape index (κ3) is 4.26. The van der Waals surface area contributed by atoms with Crippen LogP contribution in [0.2, 0.25) is 0 Å². The van der Waals surface area contributed by atoms with Crippen LogP contribution < -0.4 is 5.32 Å². The molecule has 0 atom stereocenters. The number of anilines is 1. The van der Waals surface area contributed by atoms with E-state index in [1.165, 1.54) is 24.2 Å². The molecule has 0 aliphatic rings. The zero-order chi connectivity index (χ0) is 18.7. The van der Waals surface area contributed by atoms with Gasteiger partial charge in [-0.1, -0.05) is 17.8 Å². The molecule has 26 heavy (non-hydrogen) atoms. The Morgan fingerprint density at radius 3 is 2.69 bits per heavy atom. The lowest BCUT2D eigenvalue weighted by molar-refractivity contribution is -0.113. The van der Waals surface area contributed by atoms with Gasteiger partial charge in [-0.15, -0.1) is 0 Å². The van der Waals surface area contributed by atoms with Crippen molar-refractivity contribution in [1.82, 2.24) is 19.7 Å². The van der Waals surface area contributed by atoms with E-state index in [0.29, 0.717) is 10.8 Å². The van der Waals surface area contributed by atoms with Crippen LogP contribution in [0.15, 0.2) is 41.7 Å². The molecular weight excluding hydrogens is 353 g/mol. The minimum Gasteiger partial charge on any atom is -0.323 e. The van der Waals surface area contributed by atoms with Crippen molar-refractivity contribution in [3.05, 3.63) is 59.4 Å². The molecule has 1 amide bonds. The molecule has 2 aromatic heterocycles. The van der Waals surface area contributed by atoms with E-state index in [-0.39, 0.29) is 17.3 Å². The molecule has 1 N–H and O–H groups in total. The lowest BCUT2D eigenvalue weighted by Gasteiger charge is -2.07. The van der Waals surface area contributed by atoms with Crippen LogP contribution in [0.1, 0.15) is 17.0 Å². The molecule has 0 saturated heterocycles. The smallest absolute Gasteiger partial charge is 0.234 e. The van der Waals surface area contributed by atoms with Crippen LogP contribution in [-0.4, -0.2) is 31.4 Å². The lowest BCUT2D eigenvalue weighted by Crippen LogP contribution is -2.15. The maximum Gasteiger partial charge on any atom is 0.234 e. The first kappa shape index (κ1) is 18.1. The zero-order valence-electron chi connectivity index (χ0n) is 14.7. The summed E-state index contributed by atoms with van der Waals surface area (Å²) < 4.78 is 15.5. The van der Waals surface area contributed by atoms with E-state index in [1.54, 1.807) is 29.8 Å². The molecule has 0 saturated carbocycles. The molecule has 0 unspecified atom stereocenters. The summed E-state index contributed by atoms with van der Waals surface area (Å²) in [6, 6.07) is 8.41. The van der Waals surface area contributed by atoms with Crippen LogP contribution in [0.4, 0.5) is 10.1 Å². The Morgan fingerprint density at radius 1 is 1.19 bits per heavy atom. The van der Waals surface area contributed by atoms with Gasteiger partial charge < -0.3 is 5.32 Å². The van der Waals surface area contributed by atoms with E-state index in [0.717, 1.165) is 17.0 Å². The number of hydrogen-bond donors (Lipinski definition) is 1. The van der Waals surface area contributed by atoms with Gasteiger partial charge >= 0.3 is 0 Å². The van der Waals surface area contributed by atoms with E-state index in [1.807, 2.05) is 19.9 Å². The van der Waals surface area contributed by atoms with Gasteiger partial charge in [0.1, 0.15) is 17.2 Å². The van der Waals surface area contributed by atoms with Gasteiger partial charge in [-0.25, -0.2) is 19.0 Å². The Labute approximate surface area is 154 Å². The van der Waals surface area contributed by atoms with Gasteiger partial charge in [0.2, 0.25) is 5.91 Å². The number of amides is 1. The van der Waals surface area contributed by atoms with Gasteiger partial charge in [-0.3, -0.25) is 4.79 Å². The van der Waals surface area contributed by atoms with Crippen LogP contribution >= 0.6 is 11.8 Å². The van der Waals surface area contributed by atoms with Gasteiger partial charge in [0.15, 0.2) is 5.82 Å². The number of aromatic nitrogens is 4. The summed E-state index contributed by atoms with van der Waals surface area (Å²) in [5.41, 5.74) is 2.83. The molecule has 2 heterocycles. The Kier molecular flexibility index (Phi) is 5.32. The molecule has 0 aliphatic carbocycles. The van der Waals surface area contributed by atoms with Crippen LogP contribution in [-0.2, 0) is 4.79 Å². The van der Waals surface area contributed by atoms with E-state index in [9.17, 15) is 9.18 Å². The number of hydrogen-bond acceptors (Lipinski definition) is 5. The van der Waals surface area contributed by atoms with Crippen LogP contribution in [0.3, 0.4) is 0 Å². The molecule has 3 rings (SSSR count). The quantitative estimate of drug-likeness (QED) is 0.549. The van der Waals surface area contributed by atoms with Gasteiger partial charge in [0.25, 0.3) is 0 Å². The Morgan fingerprint density at radius 2 is 2.00 bits per heavy atom. The SMILES string of the molecule is Cc1ccc(NC(=O)CSc2cc(-n3nc(C)cc3C)ncn2)c(F)c1. The average molecular weight is 371 g/mol. The van der Waals surface area contributed by atoms with Gasteiger partial charge in [-0.05, 0) is 44.5 Å². The summed E-state index contributed by atoms with van der Waals surface area (Å²) >= 11 is 1.25. The molecule has 0 radical (unpaired) electrons. The van der Waals surface area contributed by atoms with Crippen LogP contribution in [0.5, 0.6) is 0 Å². The third-order valence-corrected chi connectivity index (χ3v) is 4.53. The van der Waals surface area contributed by atoms with Crippen molar-refractivity contribution in [2.75, 3.05) is 11.1 Å². The van der Waals surface area contributed by atoms with Crippen molar-refractivity contribution >= 4 is 23.4 Å². The number of carbonyl (C=O) groups is 1. The first-order chi connectivity index (χ1) is 12.4. The number of halogens is 1. The maximum atomic E-state index is 13.8. The zero-order valence-corrected chi connectivity index (χ0v) is 15.5. The highest BCUT2D eigenvalue weighted by atomic mass is 32.2. The van der Waals surface area contributed by atoms with E-state index in [2.05, 4.69) is 20.4 Å². The fraction of sp³-hybridized carbons (Fsp3) is 0.222. The minimum atomic E-state index is -0.447. The number of rotatable bonds is 5. The first-order valence-corrected chi connectivity index (χ1v) is 8.95. The highest BCUT2D eigenvalue weighted by Gasteiger charge is 2.10. The second-order valence-electron chi connectivity index (χ2n) is 5.87. The highest BCUT2D eigenvalue weighted by molar-refractivity contribution is 7.99. The summed E-state index contributed by atoms with van der Waals surface area (Å²) in [6.07, 6.45) is 1.44. The molecule has 6 nitrogen and oxygen atoms in total. The molecule has 0 spiro atoms. The molecule has 8 heteroatoms. The molecule has 3 aromatic rings. The predicted molar refractivity (Wildman–Crippen MR) is 99.1 cm³/mol. The summed E-state index contributed by atoms with van der Waals surface area (Å²) in [7, 11) is 0. The maximum absolute atomic E-state index is 13.8. The van der Waals surface area contributed by atoms with E-state index < -0.39 is 5.82 Å². The van der Waals surface area contributed by atoms with E-state index in [4.69, 9.17) is 0 Å². The Hall–Kier alpha value is -2.74. The number of carbonyl (C=O) groups excluding carboxylic acids is 1. The lowest BCUT2D eigenvalue weighted by atomic mass is 10.2. The van der Waals surface area contributed by atoms with Crippen molar-refractivity contribution in [2.45, 2.75) is 25.8 Å². The summed E-state index contributed by atoms with van der Waals surface area (Å²) in [5.74, 6) is 0.000247. The van der Waals surface area contributed by atoms with Crippen LogP contribution in [0.25, 0.3) is 5.82 Å².